The molecule has 2 atom stereocenters. The summed E-state index contributed by atoms with van der Waals surface area (Å²) in [6.07, 6.45) is 0. The van der Waals surface area contributed by atoms with E-state index in [0.29, 0.717) is 18.0 Å². The third kappa shape index (κ3) is 2.52. The first-order valence-corrected chi connectivity index (χ1v) is 8.47. The van der Waals surface area contributed by atoms with Gasteiger partial charge in [0.15, 0.2) is 12.1 Å². The summed E-state index contributed by atoms with van der Waals surface area (Å²) in [5, 5.41) is 9.61. The van der Waals surface area contributed by atoms with Gasteiger partial charge >= 0.3 is 0 Å². The quantitative estimate of drug-likeness (QED) is 0.795. The predicted molar refractivity (Wildman–Crippen MR) is 96.2 cm³/mol. The van der Waals surface area contributed by atoms with Crippen LogP contribution in [0.2, 0.25) is 0 Å². The molecule has 2 aromatic rings. The molecule has 1 saturated heterocycles. The highest BCUT2D eigenvalue weighted by atomic mass is 16.5. The number of imide groups is 1. The van der Waals surface area contributed by atoms with Crippen molar-refractivity contribution in [1.29, 1.82) is 0 Å². The van der Waals surface area contributed by atoms with Crippen molar-refractivity contribution in [3.05, 3.63) is 54.1 Å². The number of amides is 2. The molecule has 2 aromatic carbocycles. The number of aryl methyl sites for hydroxylation is 1. The van der Waals surface area contributed by atoms with Crippen molar-refractivity contribution < 1.29 is 14.3 Å². The maximum absolute atomic E-state index is 13.0. The number of hydrogen-bond donors (Lipinski definition) is 0. The number of benzene rings is 2. The fourth-order valence-corrected chi connectivity index (χ4v) is 3.18. The number of rotatable bonds is 4. The second kappa shape index (κ2) is 6.25. The molecule has 0 saturated carbocycles. The molecule has 7 nitrogen and oxygen atoms in total. The Labute approximate surface area is 150 Å². The zero-order chi connectivity index (χ0) is 18.3. The van der Waals surface area contributed by atoms with Crippen molar-refractivity contribution in [2.45, 2.75) is 25.9 Å². The van der Waals surface area contributed by atoms with E-state index in [1.165, 1.54) is 9.91 Å². The molecule has 132 valence electrons. The number of nitrogens with zero attached hydrogens (tertiary/aromatic N) is 4. The largest absolute Gasteiger partial charge is 0.494 e. The van der Waals surface area contributed by atoms with Crippen LogP contribution >= 0.6 is 0 Å². The number of anilines is 2. The monoisotopic (exact) mass is 350 g/mol. The maximum atomic E-state index is 13.0. The van der Waals surface area contributed by atoms with Crippen LogP contribution in [0.15, 0.2) is 58.9 Å². The van der Waals surface area contributed by atoms with E-state index in [-0.39, 0.29) is 11.8 Å². The molecule has 4 rings (SSSR count). The summed E-state index contributed by atoms with van der Waals surface area (Å²) < 4.78 is 5.43. The fraction of sp³-hybridized carbons (Fsp3) is 0.263. The summed E-state index contributed by atoms with van der Waals surface area (Å²) in [5.41, 5.74) is 2.31. The molecule has 0 N–H and O–H groups in total. The number of hydrogen-bond acceptors (Lipinski definition) is 6. The molecule has 2 aliphatic rings. The Morgan fingerprint density at radius 3 is 2.27 bits per heavy atom. The topological polar surface area (TPSA) is 74.6 Å². The first-order chi connectivity index (χ1) is 12.6. The molecule has 2 amide bonds. The van der Waals surface area contributed by atoms with Crippen LogP contribution in [0.25, 0.3) is 0 Å². The highest BCUT2D eigenvalue weighted by molar-refractivity contribution is 6.26. The Balaban J connectivity index is 1.62. The van der Waals surface area contributed by atoms with Crippen LogP contribution in [0, 0.1) is 6.92 Å². The van der Waals surface area contributed by atoms with E-state index in [1.54, 1.807) is 36.4 Å². The van der Waals surface area contributed by atoms with E-state index < -0.39 is 12.1 Å². The summed E-state index contributed by atoms with van der Waals surface area (Å²) in [5.74, 6) is 0.0721. The molecular weight excluding hydrogens is 332 g/mol. The molecule has 0 aliphatic carbocycles. The van der Waals surface area contributed by atoms with Crippen LogP contribution < -0.4 is 14.6 Å². The van der Waals surface area contributed by atoms with E-state index in [4.69, 9.17) is 4.74 Å². The molecular formula is C19H18N4O3. The Hall–Kier alpha value is -3.22. The third-order valence-electron chi connectivity index (χ3n) is 4.49. The van der Waals surface area contributed by atoms with Gasteiger partial charge in [0.25, 0.3) is 11.8 Å². The summed E-state index contributed by atoms with van der Waals surface area (Å²) in [6, 6.07) is 12.9. The summed E-state index contributed by atoms with van der Waals surface area (Å²) >= 11 is 0. The molecule has 2 aliphatic heterocycles. The van der Waals surface area contributed by atoms with Gasteiger partial charge in [0, 0.05) is 0 Å². The van der Waals surface area contributed by atoms with Crippen LogP contribution in [-0.4, -0.2) is 30.5 Å². The lowest BCUT2D eigenvalue weighted by atomic mass is 10.1. The van der Waals surface area contributed by atoms with Crippen molar-refractivity contribution in [1.82, 2.24) is 0 Å². The van der Waals surface area contributed by atoms with E-state index in [0.717, 1.165) is 11.3 Å². The molecule has 0 spiro atoms. The van der Waals surface area contributed by atoms with Crippen LogP contribution in [0.1, 0.15) is 12.5 Å². The fourth-order valence-electron chi connectivity index (χ4n) is 3.18. The van der Waals surface area contributed by atoms with Crippen LogP contribution in [0.4, 0.5) is 11.4 Å². The van der Waals surface area contributed by atoms with E-state index >= 15 is 0 Å². The lowest BCUT2D eigenvalue weighted by molar-refractivity contribution is -0.121. The van der Waals surface area contributed by atoms with Crippen molar-refractivity contribution in [3.63, 3.8) is 0 Å². The second-order valence-electron chi connectivity index (χ2n) is 6.21. The van der Waals surface area contributed by atoms with Gasteiger partial charge in [0.1, 0.15) is 5.75 Å². The van der Waals surface area contributed by atoms with E-state index in [1.807, 2.05) is 26.0 Å². The van der Waals surface area contributed by atoms with Crippen molar-refractivity contribution in [2.75, 3.05) is 16.5 Å². The smallest absolute Gasteiger partial charge is 0.263 e. The summed E-state index contributed by atoms with van der Waals surface area (Å²) in [4.78, 5) is 26.9. The summed E-state index contributed by atoms with van der Waals surface area (Å²) in [6.45, 7) is 4.44. The van der Waals surface area contributed by atoms with Crippen molar-refractivity contribution in [2.24, 2.45) is 10.3 Å². The molecule has 0 radical (unpaired) electrons. The van der Waals surface area contributed by atoms with Gasteiger partial charge < -0.3 is 4.74 Å². The van der Waals surface area contributed by atoms with Gasteiger partial charge in [0.2, 0.25) is 0 Å². The minimum absolute atomic E-state index is 0.317. The normalized spacial score (nSPS) is 21.5. The highest BCUT2D eigenvalue weighted by Gasteiger charge is 2.55. The molecule has 2 heterocycles. The molecule has 0 bridgehead atoms. The van der Waals surface area contributed by atoms with E-state index in [2.05, 4.69) is 10.3 Å². The molecule has 0 unspecified atom stereocenters. The first kappa shape index (κ1) is 16.3. The maximum Gasteiger partial charge on any atom is 0.263 e. The SMILES string of the molecule is CCOc1ccc(N2N=N[C@H]3C(=O)N(c4ccc(C)cc4)C(=O)[C@H]32)cc1. The van der Waals surface area contributed by atoms with Gasteiger partial charge in [-0.1, -0.05) is 22.9 Å². The summed E-state index contributed by atoms with van der Waals surface area (Å²) in [7, 11) is 0. The Kier molecular flexibility index (Phi) is 3.91. The average Bonchev–Trinajstić information content (AvgIpc) is 3.18. The lowest BCUT2D eigenvalue weighted by Gasteiger charge is -2.20. The number of carbonyl (C=O) groups excluding carboxylic acids is 2. The van der Waals surface area contributed by atoms with Gasteiger partial charge in [-0.15, -0.1) is 0 Å². The lowest BCUT2D eigenvalue weighted by Crippen LogP contribution is -2.39. The number of fused-ring (bicyclic) bond motifs is 1. The van der Waals surface area contributed by atoms with Crippen molar-refractivity contribution >= 4 is 23.2 Å². The van der Waals surface area contributed by atoms with Gasteiger partial charge in [-0.2, -0.15) is 5.11 Å². The molecule has 0 aromatic heterocycles. The standard InChI is InChI=1S/C19H18N4O3/c1-3-26-15-10-8-14(9-11-15)23-17-16(20-21-23)18(24)22(19(17)25)13-6-4-12(2)5-7-13/h4-11,16-17H,3H2,1-2H3/t16-,17+/m1/s1. The molecule has 26 heavy (non-hydrogen) atoms. The third-order valence-corrected chi connectivity index (χ3v) is 4.49. The van der Waals surface area contributed by atoms with Gasteiger partial charge in [-0.25, -0.2) is 9.91 Å². The zero-order valence-electron chi connectivity index (χ0n) is 14.5. The van der Waals surface area contributed by atoms with E-state index in [9.17, 15) is 9.59 Å². The Bertz CT molecular complexity index is 877. The van der Waals surface area contributed by atoms with Crippen LogP contribution in [0.3, 0.4) is 0 Å². The first-order valence-electron chi connectivity index (χ1n) is 8.47. The zero-order valence-corrected chi connectivity index (χ0v) is 14.5. The molecule has 7 heteroatoms. The minimum atomic E-state index is -0.810. The van der Waals surface area contributed by atoms with Crippen molar-refractivity contribution in [3.8, 4) is 5.75 Å². The van der Waals surface area contributed by atoms with Gasteiger partial charge in [-0.05, 0) is 50.2 Å². The van der Waals surface area contributed by atoms with Crippen LogP contribution in [0.5, 0.6) is 5.75 Å². The molecule has 1 fully saturated rings. The second-order valence-corrected chi connectivity index (χ2v) is 6.21. The number of carbonyl (C=O) groups is 2. The Morgan fingerprint density at radius 1 is 0.962 bits per heavy atom. The Morgan fingerprint density at radius 2 is 1.62 bits per heavy atom. The predicted octanol–water partition coefficient (Wildman–Crippen LogP) is 2.89. The van der Waals surface area contributed by atoms with Gasteiger partial charge in [-0.3, -0.25) is 9.59 Å². The minimum Gasteiger partial charge on any atom is -0.494 e. The average molecular weight is 350 g/mol. The number of ether oxygens (including phenoxy) is 1. The highest BCUT2D eigenvalue weighted by Crippen LogP contribution is 2.35. The van der Waals surface area contributed by atoms with Gasteiger partial charge in [0.05, 0.1) is 18.0 Å². The van der Waals surface area contributed by atoms with Crippen LogP contribution in [-0.2, 0) is 9.59 Å².